The average molecular weight is 431 g/mol. The number of carbonyl (C=O) groups is 1. The quantitative estimate of drug-likeness (QED) is 0.384. The molecule has 1 aliphatic heterocycles. The van der Waals surface area contributed by atoms with Crippen LogP contribution in [0.2, 0.25) is 0 Å². The Labute approximate surface area is 187 Å². The van der Waals surface area contributed by atoms with E-state index in [0.29, 0.717) is 0 Å². The molecule has 5 heteroatoms. The molecule has 0 amide bonds. The minimum absolute atomic E-state index is 0.137. The molecule has 2 aromatic carbocycles. The van der Waals surface area contributed by atoms with Crippen molar-refractivity contribution in [3.8, 4) is 0 Å². The van der Waals surface area contributed by atoms with E-state index < -0.39 is 5.97 Å². The van der Waals surface area contributed by atoms with Crippen molar-refractivity contribution in [3.05, 3.63) is 78.1 Å². The van der Waals surface area contributed by atoms with Gasteiger partial charge in [-0.25, -0.2) is 0 Å². The Morgan fingerprint density at radius 3 is 2.48 bits per heavy atom. The predicted octanol–water partition coefficient (Wildman–Crippen LogP) is 4.69. The van der Waals surface area contributed by atoms with Crippen LogP contribution in [-0.4, -0.2) is 12.5 Å². The van der Waals surface area contributed by atoms with E-state index >= 15 is 0 Å². The Morgan fingerprint density at radius 2 is 1.71 bits per heavy atom. The molecule has 158 valence electrons. The molecule has 0 aliphatic carbocycles. The van der Waals surface area contributed by atoms with E-state index in [-0.39, 0.29) is 6.54 Å². The number of pyridine rings is 1. The summed E-state index contributed by atoms with van der Waals surface area (Å²) in [6.45, 7) is 3.13. The summed E-state index contributed by atoms with van der Waals surface area (Å²) in [4.78, 5) is 15.7. The number of benzene rings is 2. The van der Waals surface area contributed by atoms with Crippen LogP contribution in [0.3, 0.4) is 0 Å². The van der Waals surface area contributed by atoms with Gasteiger partial charge in [0, 0.05) is 28.5 Å². The highest BCUT2D eigenvalue weighted by Gasteiger charge is 2.22. The zero-order valence-electron chi connectivity index (χ0n) is 17.7. The molecule has 3 aromatic rings. The molecule has 1 aromatic heterocycles. The minimum atomic E-state index is -1.09. The number of rotatable bonds is 8. The number of fused-ring (bicyclic) bond motifs is 2. The van der Waals surface area contributed by atoms with Gasteiger partial charge in [-0.2, -0.15) is 4.57 Å². The van der Waals surface area contributed by atoms with Crippen molar-refractivity contribution < 1.29 is 14.5 Å². The third kappa shape index (κ3) is 5.17. The van der Waals surface area contributed by atoms with Crippen molar-refractivity contribution >= 4 is 41.3 Å². The molecule has 4 nitrogen and oxygen atoms in total. The van der Waals surface area contributed by atoms with Crippen molar-refractivity contribution in [3.63, 3.8) is 0 Å². The fourth-order valence-electron chi connectivity index (χ4n) is 3.74. The maximum absolute atomic E-state index is 10.7. The van der Waals surface area contributed by atoms with Crippen molar-refractivity contribution in [1.82, 2.24) is 0 Å². The lowest BCUT2D eigenvalue weighted by molar-refractivity contribution is -0.690. The van der Waals surface area contributed by atoms with E-state index in [1.807, 2.05) is 30.0 Å². The predicted molar refractivity (Wildman–Crippen MR) is 124 cm³/mol. The van der Waals surface area contributed by atoms with Gasteiger partial charge in [0.1, 0.15) is 5.97 Å². The van der Waals surface area contributed by atoms with Gasteiger partial charge in [0.2, 0.25) is 0 Å². The fraction of sp³-hybridized carbons (Fsp3) is 0.231. The maximum Gasteiger partial charge on any atom is 0.187 e. The second kappa shape index (κ2) is 9.84. The number of hydrogen-bond donors (Lipinski definition) is 0. The number of aromatic nitrogens is 1. The van der Waals surface area contributed by atoms with Gasteiger partial charge in [0.15, 0.2) is 18.9 Å². The average Bonchev–Trinajstić information content (AvgIpc) is 2.77. The first-order valence-electron chi connectivity index (χ1n) is 10.7. The van der Waals surface area contributed by atoms with Crippen LogP contribution >= 0.6 is 11.8 Å². The Morgan fingerprint density at radius 1 is 0.968 bits per heavy atom. The summed E-state index contributed by atoms with van der Waals surface area (Å²) >= 11 is 1.83. The minimum Gasteiger partial charge on any atom is -0.544 e. The molecule has 4 rings (SSSR count). The number of hydrogen-bond acceptors (Lipinski definition) is 4. The topological polar surface area (TPSA) is 47.2 Å². The summed E-state index contributed by atoms with van der Waals surface area (Å²) in [6.07, 6.45) is 11.3. The molecule has 0 unspecified atom stereocenters. The summed E-state index contributed by atoms with van der Waals surface area (Å²) in [7, 11) is 0. The SMILES string of the molecule is CCCCCN1c2ccccc2Sc2cc(/C=C/c3cc[n+](CC(=O)[O-])cc3)ccc21. The van der Waals surface area contributed by atoms with Gasteiger partial charge in [-0.15, -0.1) is 0 Å². The zero-order chi connectivity index (χ0) is 21.6. The smallest absolute Gasteiger partial charge is 0.187 e. The first kappa shape index (κ1) is 21.2. The fourth-order valence-corrected chi connectivity index (χ4v) is 4.89. The third-order valence-corrected chi connectivity index (χ3v) is 6.44. The van der Waals surface area contributed by atoms with E-state index in [1.165, 1.54) is 40.4 Å². The number of carboxylic acid groups (broad SMARTS) is 1. The third-order valence-electron chi connectivity index (χ3n) is 5.33. The van der Waals surface area contributed by atoms with E-state index in [0.717, 1.165) is 17.7 Å². The van der Waals surface area contributed by atoms with Gasteiger partial charge < -0.3 is 14.8 Å². The van der Waals surface area contributed by atoms with Crippen molar-refractivity contribution in [1.29, 1.82) is 0 Å². The molecule has 0 saturated heterocycles. The van der Waals surface area contributed by atoms with Crippen molar-refractivity contribution in [2.45, 2.75) is 42.5 Å². The van der Waals surface area contributed by atoms with E-state index in [4.69, 9.17) is 0 Å². The molecule has 0 spiro atoms. The molecule has 0 radical (unpaired) electrons. The number of carbonyl (C=O) groups excluding carboxylic acids is 1. The number of unbranched alkanes of at least 4 members (excludes halogenated alkanes) is 2. The molecule has 0 fully saturated rings. The lowest BCUT2D eigenvalue weighted by Crippen LogP contribution is -2.43. The molecule has 0 atom stereocenters. The van der Waals surface area contributed by atoms with Gasteiger partial charge >= 0.3 is 0 Å². The highest BCUT2D eigenvalue weighted by Crippen LogP contribution is 2.48. The number of carboxylic acids is 1. The van der Waals surface area contributed by atoms with Crippen LogP contribution in [0, 0.1) is 0 Å². The summed E-state index contributed by atoms with van der Waals surface area (Å²) in [5.41, 5.74) is 4.74. The summed E-state index contributed by atoms with van der Waals surface area (Å²) in [5, 5.41) is 10.7. The van der Waals surface area contributed by atoms with Gasteiger partial charge in [0.25, 0.3) is 0 Å². The monoisotopic (exact) mass is 430 g/mol. The summed E-state index contributed by atoms with van der Waals surface area (Å²) in [5.74, 6) is -1.09. The number of para-hydroxylation sites is 1. The normalized spacial score (nSPS) is 12.6. The summed E-state index contributed by atoms with van der Waals surface area (Å²) < 4.78 is 1.59. The Hall–Kier alpha value is -3.05. The van der Waals surface area contributed by atoms with Crippen LogP contribution in [0.5, 0.6) is 0 Å². The van der Waals surface area contributed by atoms with Crippen LogP contribution in [0.1, 0.15) is 37.3 Å². The van der Waals surface area contributed by atoms with E-state index in [1.54, 1.807) is 17.0 Å². The number of anilines is 2. The zero-order valence-corrected chi connectivity index (χ0v) is 18.5. The molecule has 0 saturated carbocycles. The largest absolute Gasteiger partial charge is 0.544 e. The second-order valence-corrected chi connectivity index (χ2v) is 8.75. The van der Waals surface area contributed by atoms with Gasteiger partial charge in [-0.05, 0) is 41.8 Å². The Kier molecular flexibility index (Phi) is 6.73. The Bertz CT molecular complexity index is 1090. The van der Waals surface area contributed by atoms with Crippen LogP contribution < -0.4 is 14.6 Å². The van der Waals surface area contributed by atoms with Crippen LogP contribution in [-0.2, 0) is 11.3 Å². The van der Waals surface area contributed by atoms with Crippen LogP contribution in [0.15, 0.2) is 76.8 Å². The summed E-state index contributed by atoms with van der Waals surface area (Å²) in [6, 6.07) is 19.1. The molecular weight excluding hydrogens is 404 g/mol. The molecule has 0 bridgehead atoms. The Balaban J connectivity index is 1.55. The van der Waals surface area contributed by atoms with Gasteiger partial charge in [-0.1, -0.05) is 61.9 Å². The first-order chi connectivity index (χ1) is 15.1. The van der Waals surface area contributed by atoms with Crippen molar-refractivity contribution in [2.75, 3.05) is 11.4 Å². The molecule has 0 N–H and O–H groups in total. The lowest BCUT2D eigenvalue weighted by atomic mass is 10.1. The number of nitrogens with zero attached hydrogens (tertiary/aromatic N) is 2. The highest BCUT2D eigenvalue weighted by molar-refractivity contribution is 7.99. The van der Waals surface area contributed by atoms with Crippen molar-refractivity contribution in [2.24, 2.45) is 0 Å². The number of aliphatic carboxylic acids is 1. The molecular formula is C26H26N2O2S. The highest BCUT2D eigenvalue weighted by atomic mass is 32.2. The van der Waals surface area contributed by atoms with Gasteiger partial charge in [-0.3, -0.25) is 0 Å². The first-order valence-corrected chi connectivity index (χ1v) is 11.5. The van der Waals surface area contributed by atoms with Gasteiger partial charge in [0.05, 0.1) is 11.4 Å². The lowest BCUT2D eigenvalue weighted by Gasteiger charge is -2.33. The van der Waals surface area contributed by atoms with E-state index in [9.17, 15) is 9.90 Å². The molecule has 2 heterocycles. The van der Waals surface area contributed by atoms with Crippen LogP contribution in [0.25, 0.3) is 12.2 Å². The van der Waals surface area contributed by atoms with E-state index in [2.05, 4.69) is 60.4 Å². The molecule has 1 aliphatic rings. The molecule has 31 heavy (non-hydrogen) atoms. The van der Waals surface area contributed by atoms with Crippen LogP contribution in [0.4, 0.5) is 11.4 Å². The second-order valence-electron chi connectivity index (χ2n) is 7.66. The standard InChI is InChI=1S/C26H26N2O2S/c1-2-3-6-15-28-22-7-4-5-8-24(22)31-25-18-21(11-12-23(25)28)10-9-20-13-16-27(17-14-20)19-26(29)30/h4-5,7-14,16-18H,2-3,6,15,19H2,1H3. The maximum atomic E-state index is 10.7.